The van der Waals surface area contributed by atoms with E-state index in [1.54, 1.807) is 24.3 Å². The summed E-state index contributed by atoms with van der Waals surface area (Å²) in [6.45, 7) is -2.92. The molecule has 0 amide bonds. The Morgan fingerprint density at radius 3 is 2.57 bits per heavy atom. The molecule has 0 fully saturated rings. The van der Waals surface area contributed by atoms with Crippen LogP contribution in [-0.4, -0.2) is 6.61 Å². The lowest BCUT2D eigenvalue weighted by atomic mass is 9.99. The van der Waals surface area contributed by atoms with Gasteiger partial charge in [-0.3, -0.25) is 0 Å². The Labute approximate surface area is 128 Å². The standard InChI is InChI=1S/C15H13BrF3NO/c16-12-6-5-10(17)7-9(12)8-13(20)11-3-1-2-4-14(11)21-15(18)19/h1-7,13,15H,8,20H2. The number of nitrogens with two attached hydrogens (primary N) is 1. The third-order valence-corrected chi connectivity index (χ3v) is 3.76. The van der Waals surface area contributed by atoms with Crippen LogP contribution in [0, 0.1) is 5.82 Å². The Hall–Kier alpha value is -1.53. The molecule has 0 bridgehead atoms. The van der Waals surface area contributed by atoms with E-state index >= 15 is 0 Å². The van der Waals surface area contributed by atoms with Gasteiger partial charge in [-0.2, -0.15) is 8.78 Å². The van der Waals surface area contributed by atoms with Crippen molar-refractivity contribution in [2.45, 2.75) is 19.1 Å². The zero-order valence-electron chi connectivity index (χ0n) is 10.9. The molecular formula is C15H13BrF3NO. The van der Waals surface area contributed by atoms with Crippen molar-refractivity contribution in [2.75, 3.05) is 0 Å². The summed E-state index contributed by atoms with van der Waals surface area (Å²) in [4.78, 5) is 0. The van der Waals surface area contributed by atoms with E-state index in [9.17, 15) is 13.2 Å². The number of halogens is 4. The number of alkyl halides is 2. The van der Waals surface area contributed by atoms with Gasteiger partial charge in [-0.15, -0.1) is 0 Å². The summed E-state index contributed by atoms with van der Waals surface area (Å²) in [6, 6.07) is 10.0. The fraction of sp³-hybridized carbons (Fsp3) is 0.200. The molecule has 2 N–H and O–H groups in total. The van der Waals surface area contributed by atoms with Crippen LogP contribution >= 0.6 is 15.9 Å². The fourth-order valence-corrected chi connectivity index (χ4v) is 2.45. The van der Waals surface area contributed by atoms with E-state index < -0.39 is 12.7 Å². The highest BCUT2D eigenvalue weighted by atomic mass is 79.9. The van der Waals surface area contributed by atoms with Crippen LogP contribution in [0.1, 0.15) is 17.2 Å². The van der Waals surface area contributed by atoms with Crippen LogP contribution in [0.2, 0.25) is 0 Å². The molecule has 2 aromatic rings. The molecule has 0 aliphatic carbocycles. The highest BCUT2D eigenvalue weighted by molar-refractivity contribution is 9.10. The number of hydrogen-bond donors (Lipinski definition) is 1. The summed E-state index contributed by atoms with van der Waals surface area (Å²) in [5.41, 5.74) is 7.17. The lowest BCUT2D eigenvalue weighted by Crippen LogP contribution is -2.16. The molecule has 0 heterocycles. The highest BCUT2D eigenvalue weighted by Gasteiger charge is 2.16. The van der Waals surface area contributed by atoms with Crippen molar-refractivity contribution < 1.29 is 17.9 Å². The van der Waals surface area contributed by atoms with Crippen molar-refractivity contribution in [3.8, 4) is 5.75 Å². The normalized spacial score (nSPS) is 12.5. The Kier molecular flexibility index (Phi) is 5.25. The summed E-state index contributed by atoms with van der Waals surface area (Å²) in [5.74, 6) is -0.343. The smallest absolute Gasteiger partial charge is 0.387 e. The van der Waals surface area contributed by atoms with Crippen LogP contribution in [0.5, 0.6) is 5.75 Å². The quantitative estimate of drug-likeness (QED) is 0.856. The molecule has 0 radical (unpaired) electrons. The van der Waals surface area contributed by atoms with Crippen molar-refractivity contribution in [3.05, 3.63) is 63.9 Å². The molecule has 6 heteroatoms. The van der Waals surface area contributed by atoms with E-state index in [1.807, 2.05) is 0 Å². The van der Waals surface area contributed by atoms with Gasteiger partial charge in [0.1, 0.15) is 11.6 Å². The topological polar surface area (TPSA) is 35.2 Å². The van der Waals surface area contributed by atoms with Gasteiger partial charge >= 0.3 is 6.61 Å². The van der Waals surface area contributed by atoms with Crippen LogP contribution in [-0.2, 0) is 6.42 Å². The highest BCUT2D eigenvalue weighted by Crippen LogP contribution is 2.29. The average Bonchev–Trinajstić information content (AvgIpc) is 2.42. The maximum atomic E-state index is 13.3. The van der Waals surface area contributed by atoms with E-state index in [2.05, 4.69) is 20.7 Å². The van der Waals surface area contributed by atoms with Gasteiger partial charge in [-0.25, -0.2) is 4.39 Å². The lowest BCUT2D eigenvalue weighted by Gasteiger charge is -2.17. The first-order valence-corrected chi connectivity index (χ1v) is 7.00. The molecule has 0 saturated carbocycles. The monoisotopic (exact) mass is 359 g/mol. The average molecular weight is 360 g/mol. The Balaban J connectivity index is 2.24. The third kappa shape index (κ3) is 4.22. The molecule has 2 aromatic carbocycles. The maximum Gasteiger partial charge on any atom is 0.387 e. The van der Waals surface area contributed by atoms with E-state index in [1.165, 1.54) is 18.2 Å². The lowest BCUT2D eigenvalue weighted by molar-refractivity contribution is -0.0506. The second kappa shape index (κ2) is 6.95. The van der Waals surface area contributed by atoms with Gasteiger partial charge in [0.15, 0.2) is 0 Å². The van der Waals surface area contributed by atoms with Crippen molar-refractivity contribution in [2.24, 2.45) is 5.73 Å². The van der Waals surface area contributed by atoms with Gasteiger partial charge < -0.3 is 10.5 Å². The Morgan fingerprint density at radius 2 is 1.86 bits per heavy atom. The molecule has 0 spiro atoms. The SMILES string of the molecule is NC(Cc1cc(F)ccc1Br)c1ccccc1OC(F)F. The van der Waals surface area contributed by atoms with Crippen molar-refractivity contribution in [1.29, 1.82) is 0 Å². The first-order chi connectivity index (χ1) is 9.97. The predicted octanol–water partition coefficient (Wildman–Crippen LogP) is 4.43. The summed E-state index contributed by atoms with van der Waals surface area (Å²) >= 11 is 3.32. The fourth-order valence-electron chi connectivity index (χ4n) is 2.04. The minimum Gasteiger partial charge on any atom is -0.434 e. The zero-order valence-corrected chi connectivity index (χ0v) is 12.5. The minimum atomic E-state index is -2.92. The molecule has 1 unspecified atom stereocenters. The zero-order chi connectivity index (χ0) is 15.4. The molecule has 0 aromatic heterocycles. The molecule has 0 aliphatic heterocycles. The van der Waals surface area contributed by atoms with Crippen LogP contribution in [0.3, 0.4) is 0 Å². The van der Waals surface area contributed by atoms with E-state index in [-0.39, 0.29) is 11.6 Å². The van der Waals surface area contributed by atoms with E-state index in [0.29, 0.717) is 22.0 Å². The van der Waals surface area contributed by atoms with E-state index in [0.717, 1.165) is 0 Å². The van der Waals surface area contributed by atoms with Crippen LogP contribution < -0.4 is 10.5 Å². The summed E-state index contributed by atoms with van der Waals surface area (Å²) in [5, 5.41) is 0. The maximum absolute atomic E-state index is 13.3. The molecule has 2 rings (SSSR count). The van der Waals surface area contributed by atoms with Crippen molar-refractivity contribution in [1.82, 2.24) is 0 Å². The van der Waals surface area contributed by atoms with Crippen LogP contribution in [0.4, 0.5) is 13.2 Å². The first-order valence-electron chi connectivity index (χ1n) is 6.20. The molecule has 0 saturated heterocycles. The Morgan fingerprint density at radius 1 is 1.14 bits per heavy atom. The molecule has 21 heavy (non-hydrogen) atoms. The second-order valence-corrected chi connectivity index (χ2v) is 5.32. The predicted molar refractivity (Wildman–Crippen MR) is 77.8 cm³/mol. The van der Waals surface area contributed by atoms with Crippen molar-refractivity contribution >= 4 is 15.9 Å². The summed E-state index contributed by atoms with van der Waals surface area (Å²) in [7, 11) is 0. The van der Waals surface area contributed by atoms with Gasteiger partial charge in [0.2, 0.25) is 0 Å². The van der Waals surface area contributed by atoms with Crippen molar-refractivity contribution in [3.63, 3.8) is 0 Å². The van der Waals surface area contributed by atoms with Gasteiger partial charge in [0.05, 0.1) is 0 Å². The third-order valence-electron chi connectivity index (χ3n) is 2.98. The molecule has 0 aliphatic rings. The summed E-state index contributed by atoms with van der Waals surface area (Å²) < 4.78 is 43.2. The van der Waals surface area contributed by atoms with E-state index in [4.69, 9.17) is 5.73 Å². The van der Waals surface area contributed by atoms with Crippen LogP contribution in [0.15, 0.2) is 46.9 Å². The number of benzene rings is 2. The van der Waals surface area contributed by atoms with Gasteiger partial charge in [0.25, 0.3) is 0 Å². The Bertz CT molecular complexity index is 622. The second-order valence-electron chi connectivity index (χ2n) is 4.46. The molecule has 112 valence electrons. The minimum absolute atomic E-state index is 0.0347. The van der Waals surface area contributed by atoms with Gasteiger partial charge in [-0.05, 0) is 36.2 Å². The van der Waals surface area contributed by atoms with Gasteiger partial charge in [-0.1, -0.05) is 34.1 Å². The first kappa shape index (κ1) is 15.9. The molecular weight excluding hydrogens is 347 g/mol. The summed E-state index contributed by atoms with van der Waals surface area (Å²) in [6.07, 6.45) is 0.294. The number of hydrogen-bond acceptors (Lipinski definition) is 2. The number of rotatable bonds is 5. The molecule has 2 nitrogen and oxygen atoms in total. The molecule has 1 atom stereocenters. The largest absolute Gasteiger partial charge is 0.434 e. The van der Waals surface area contributed by atoms with Gasteiger partial charge in [0, 0.05) is 16.1 Å². The number of ether oxygens (including phenoxy) is 1. The van der Waals surface area contributed by atoms with Crippen LogP contribution in [0.25, 0.3) is 0 Å². The number of para-hydroxylation sites is 1.